The van der Waals surface area contributed by atoms with E-state index >= 15 is 0 Å². The van der Waals surface area contributed by atoms with Crippen LogP contribution in [0.4, 0.5) is 4.39 Å². The number of rotatable bonds is 3. The van der Waals surface area contributed by atoms with Crippen molar-refractivity contribution >= 4 is 17.5 Å². The standard InChI is InChI=1S/C16H14ClFN6O2/c1-9-19-15(26-21-9)14-8-24(22-20-14)11-4-5-23(7-11)16(25)12-6-10(18)2-3-13(12)17/h2-3,6,8,11H,4-5,7H2,1H3/t11-/m0/s1. The topological polar surface area (TPSA) is 89.9 Å². The summed E-state index contributed by atoms with van der Waals surface area (Å²) < 4.78 is 20.2. The highest BCUT2D eigenvalue weighted by molar-refractivity contribution is 6.33. The Labute approximate surface area is 152 Å². The average Bonchev–Trinajstić information content (AvgIpc) is 3.35. The maximum atomic E-state index is 13.4. The molecule has 1 atom stereocenters. The predicted molar refractivity (Wildman–Crippen MR) is 89.0 cm³/mol. The third kappa shape index (κ3) is 3.05. The second kappa shape index (κ2) is 6.49. The van der Waals surface area contributed by atoms with E-state index in [9.17, 15) is 9.18 Å². The van der Waals surface area contributed by atoms with Gasteiger partial charge in [0.2, 0.25) is 0 Å². The number of carbonyl (C=O) groups excluding carboxylic acids is 1. The third-order valence-electron chi connectivity index (χ3n) is 4.24. The SMILES string of the molecule is Cc1noc(-c2cn([C@H]3CCN(C(=O)c4cc(F)ccc4Cl)C3)nn2)n1. The van der Waals surface area contributed by atoms with Gasteiger partial charge in [-0.05, 0) is 31.5 Å². The lowest BCUT2D eigenvalue weighted by Gasteiger charge is -2.17. The Balaban J connectivity index is 1.49. The molecule has 3 aromatic rings. The first kappa shape index (κ1) is 16.6. The van der Waals surface area contributed by atoms with E-state index in [1.54, 1.807) is 22.7 Å². The maximum absolute atomic E-state index is 13.4. The van der Waals surface area contributed by atoms with Gasteiger partial charge in [-0.1, -0.05) is 22.0 Å². The molecule has 0 aliphatic carbocycles. The van der Waals surface area contributed by atoms with Gasteiger partial charge in [0.25, 0.3) is 11.8 Å². The smallest absolute Gasteiger partial charge is 0.280 e. The molecule has 1 amide bonds. The van der Waals surface area contributed by atoms with Crippen LogP contribution < -0.4 is 0 Å². The molecular formula is C16H14ClFN6O2. The summed E-state index contributed by atoms with van der Waals surface area (Å²) >= 11 is 6.03. The lowest BCUT2D eigenvalue weighted by molar-refractivity contribution is 0.0786. The van der Waals surface area contributed by atoms with Crippen LogP contribution in [0.5, 0.6) is 0 Å². The van der Waals surface area contributed by atoms with E-state index in [2.05, 4.69) is 20.5 Å². The summed E-state index contributed by atoms with van der Waals surface area (Å²) in [5.74, 6) is 0.0134. The molecule has 1 saturated heterocycles. The van der Waals surface area contributed by atoms with Crippen molar-refractivity contribution < 1.29 is 13.7 Å². The number of benzene rings is 1. The molecule has 4 rings (SSSR count). The summed E-state index contributed by atoms with van der Waals surface area (Å²) in [6.07, 6.45) is 2.41. The van der Waals surface area contributed by atoms with Crippen molar-refractivity contribution in [3.8, 4) is 11.6 Å². The largest absolute Gasteiger partial charge is 0.336 e. The Morgan fingerprint density at radius 2 is 2.27 bits per heavy atom. The molecule has 0 bridgehead atoms. The van der Waals surface area contributed by atoms with Gasteiger partial charge in [-0.2, -0.15) is 4.98 Å². The number of likely N-dealkylation sites (tertiary alicyclic amines) is 1. The van der Waals surface area contributed by atoms with Crippen molar-refractivity contribution in [3.05, 3.63) is 46.6 Å². The zero-order chi connectivity index (χ0) is 18.3. The molecular weight excluding hydrogens is 363 g/mol. The van der Waals surface area contributed by atoms with Crippen LogP contribution in [0.25, 0.3) is 11.6 Å². The molecule has 8 nitrogen and oxygen atoms in total. The van der Waals surface area contributed by atoms with Crippen LogP contribution >= 0.6 is 11.6 Å². The number of halogens is 2. The number of carbonyl (C=O) groups is 1. The monoisotopic (exact) mass is 376 g/mol. The van der Waals surface area contributed by atoms with Gasteiger partial charge < -0.3 is 9.42 Å². The van der Waals surface area contributed by atoms with E-state index < -0.39 is 5.82 Å². The normalized spacial score (nSPS) is 17.0. The molecule has 0 saturated carbocycles. The van der Waals surface area contributed by atoms with Crippen LogP contribution in [0.1, 0.15) is 28.6 Å². The fourth-order valence-electron chi connectivity index (χ4n) is 2.93. The zero-order valence-corrected chi connectivity index (χ0v) is 14.5. The van der Waals surface area contributed by atoms with E-state index in [0.717, 1.165) is 6.07 Å². The first-order valence-electron chi connectivity index (χ1n) is 7.98. The van der Waals surface area contributed by atoms with Gasteiger partial charge >= 0.3 is 0 Å². The number of hydrogen-bond acceptors (Lipinski definition) is 6. The molecule has 0 N–H and O–H groups in total. The molecule has 0 unspecified atom stereocenters. The molecule has 134 valence electrons. The predicted octanol–water partition coefficient (Wildman–Crippen LogP) is 2.52. The zero-order valence-electron chi connectivity index (χ0n) is 13.8. The van der Waals surface area contributed by atoms with Crippen molar-refractivity contribution in [1.82, 2.24) is 30.0 Å². The Bertz CT molecular complexity index is 971. The quantitative estimate of drug-likeness (QED) is 0.697. The molecule has 1 aromatic carbocycles. The van der Waals surface area contributed by atoms with Crippen molar-refractivity contribution in [1.29, 1.82) is 0 Å². The van der Waals surface area contributed by atoms with E-state index in [0.29, 0.717) is 36.9 Å². The van der Waals surface area contributed by atoms with Gasteiger partial charge in [-0.15, -0.1) is 5.10 Å². The number of hydrogen-bond donors (Lipinski definition) is 0. The lowest BCUT2D eigenvalue weighted by atomic mass is 10.2. The summed E-state index contributed by atoms with van der Waals surface area (Å²) in [6, 6.07) is 3.72. The molecule has 3 heterocycles. The highest BCUT2D eigenvalue weighted by Gasteiger charge is 2.30. The second-order valence-electron chi connectivity index (χ2n) is 6.05. The van der Waals surface area contributed by atoms with E-state index in [-0.39, 0.29) is 22.5 Å². The van der Waals surface area contributed by atoms with Crippen molar-refractivity contribution in [2.24, 2.45) is 0 Å². The van der Waals surface area contributed by atoms with Crippen LogP contribution in [0.2, 0.25) is 5.02 Å². The van der Waals surface area contributed by atoms with Gasteiger partial charge in [0.05, 0.1) is 22.8 Å². The molecule has 1 aliphatic rings. The number of nitrogens with zero attached hydrogens (tertiary/aromatic N) is 6. The highest BCUT2D eigenvalue weighted by atomic mass is 35.5. The van der Waals surface area contributed by atoms with Crippen LogP contribution in [-0.2, 0) is 0 Å². The molecule has 0 spiro atoms. The van der Waals surface area contributed by atoms with E-state index in [1.165, 1.54) is 12.1 Å². The third-order valence-corrected chi connectivity index (χ3v) is 4.57. The maximum Gasteiger partial charge on any atom is 0.280 e. The fraction of sp³-hybridized carbons (Fsp3) is 0.312. The average molecular weight is 377 g/mol. The van der Waals surface area contributed by atoms with E-state index in [1.807, 2.05) is 0 Å². The van der Waals surface area contributed by atoms with Gasteiger partial charge in [0.15, 0.2) is 11.5 Å². The summed E-state index contributed by atoms with van der Waals surface area (Å²) in [5.41, 5.74) is 0.636. The van der Waals surface area contributed by atoms with Crippen LogP contribution in [0.15, 0.2) is 28.9 Å². The van der Waals surface area contributed by atoms with E-state index in [4.69, 9.17) is 16.1 Å². The number of aromatic nitrogens is 5. The summed E-state index contributed by atoms with van der Waals surface area (Å²) in [7, 11) is 0. The first-order valence-corrected chi connectivity index (χ1v) is 8.36. The Hall–Kier alpha value is -2.81. The number of aryl methyl sites for hydroxylation is 1. The van der Waals surface area contributed by atoms with Gasteiger partial charge in [-0.3, -0.25) is 4.79 Å². The minimum Gasteiger partial charge on any atom is -0.336 e. The summed E-state index contributed by atoms with van der Waals surface area (Å²) in [5, 5.41) is 12.1. The molecule has 10 heteroatoms. The lowest BCUT2D eigenvalue weighted by Crippen LogP contribution is -2.29. The van der Waals surface area contributed by atoms with Crippen molar-refractivity contribution in [2.45, 2.75) is 19.4 Å². The van der Waals surface area contributed by atoms with Crippen LogP contribution in [0.3, 0.4) is 0 Å². The van der Waals surface area contributed by atoms with Crippen molar-refractivity contribution in [2.75, 3.05) is 13.1 Å². The Morgan fingerprint density at radius 1 is 1.42 bits per heavy atom. The van der Waals surface area contributed by atoms with Gasteiger partial charge in [-0.25, -0.2) is 9.07 Å². The molecule has 26 heavy (non-hydrogen) atoms. The Kier molecular flexibility index (Phi) is 4.15. The molecule has 0 radical (unpaired) electrons. The first-order chi connectivity index (χ1) is 12.5. The molecule has 1 fully saturated rings. The summed E-state index contributed by atoms with van der Waals surface area (Å²) in [6.45, 7) is 2.66. The number of amides is 1. The van der Waals surface area contributed by atoms with Gasteiger partial charge in [0.1, 0.15) is 5.82 Å². The van der Waals surface area contributed by atoms with Crippen LogP contribution in [0, 0.1) is 12.7 Å². The molecule has 2 aromatic heterocycles. The fourth-order valence-corrected chi connectivity index (χ4v) is 3.13. The minimum atomic E-state index is -0.496. The Morgan fingerprint density at radius 3 is 3.04 bits per heavy atom. The van der Waals surface area contributed by atoms with Crippen molar-refractivity contribution in [3.63, 3.8) is 0 Å². The molecule has 1 aliphatic heterocycles. The minimum absolute atomic E-state index is 0.0449. The second-order valence-corrected chi connectivity index (χ2v) is 6.46. The summed E-state index contributed by atoms with van der Waals surface area (Å²) in [4.78, 5) is 18.4. The highest BCUT2D eigenvalue weighted by Crippen LogP contribution is 2.26. The van der Waals surface area contributed by atoms with Gasteiger partial charge in [0, 0.05) is 13.1 Å². The van der Waals surface area contributed by atoms with Crippen LogP contribution in [-0.4, -0.2) is 49.0 Å².